The first-order valence-corrected chi connectivity index (χ1v) is 9.63. The molecule has 0 radical (unpaired) electrons. The summed E-state index contributed by atoms with van der Waals surface area (Å²) in [6, 6.07) is 11.4. The first-order chi connectivity index (χ1) is 13.5. The van der Waals surface area contributed by atoms with Crippen LogP contribution in [0.1, 0.15) is 27.3 Å². The number of carbonyl (C=O) groups is 1. The summed E-state index contributed by atoms with van der Waals surface area (Å²) >= 11 is 0. The van der Waals surface area contributed by atoms with Gasteiger partial charge in [-0.1, -0.05) is 17.7 Å². The lowest BCUT2D eigenvalue weighted by Crippen LogP contribution is -2.43. The molecule has 0 N–H and O–H groups in total. The van der Waals surface area contributed by atoms with Gasteiger partial charge in [0.25, 0.3) is 5.56 Å². The predicted molar refractivity (Wildman–Crippen MR) is 108 cm³/mol. The Morgan fingerprint density at radius 2 is 1.79 bits per heavy atom. The molecule has 0 saturated carbocycles. The molecule has 2 aliphatic heterocycles. The molecule has 0 bridgehead atoms. The molecule has 28 heavy (non-hydrogen) atoms. The highest BCUT2D eigenvalue weighted by molar-refractivity contribution is 6.13. The molecule has 1 fully saturated rings. The fourth-order valence-corrected chi connectivity index (χ4v) is 4.12. The zero-order valence-electron chi connectivity index (χ0n) is 16.1. The molecule has 6 heteroatoms. The van der Waals surface area contributed by atoms with Crippen LogP contribution >= 0.6 is 0 Å². The van der Waals surface area contributed by atoms with Crippen molar-refractivity contribution in [1.29, 1.82) is 0 Å². The van der Waals surface area contributed by atoms with Crippen LogP contribution in [0.2, 0.25) is 0 Å². The molecule has 142 valence electrons. The molecule has 0 amide bonds. The Kier molecular flexibility index (Phi) is 3.92. The number of benzene rings is 2. The van der Waals surface area contributed by atoms with Crippen molar-refractivity contribution in [2.24, 2.45) is 0 Å². The summed E-state index contributed by atoms with van der Waals surface area (Å²) < 4.78 is 1.46. The highest BCUT2D eigenvalue weighted by atomic mass is 16.1. The van der Waals surface area contributed by atoms with E-state index in [1.807, 2.05) is 43.3 Å². The van der Waals surface area contributed by atoms with Crippen LogP contribution in [0, 0.1) is 6.92 Å². The van der Waals surface area contributed by atoms with Crippen molar-refractivity contribution in [3.63, 3.8) is 0 Å². The Morgan fingerprint density at radius 1 is 1.00 bits per heavy atom. The number of aryl methyl sites for hydroxylation is 1. The molecular weight excluding hydrogens is 352 g/mol. The van der Waals surface area contributed by atoms with E-state index in [9.17, 15) is 9.59 Å². The Morgan fingerprint density at radius 3 is 2.57 bits per heavy atom. The van der Waals surface area contributed by atoms with Crippen molar-refractivity contribution >= 4 is 16.7 Å². The lowest BCUT2D eigenvalue weighted by Gasteiger charge is -2.32. The summed E-state index contributed by atoms with van der Waals surface area (Å²) in [4.78, 5) is 35.3. The maximum absolute atomic E-state index is 13.1. The van der Waals surface area contributed by atoms with Crippen molar-refractivity contribution in [1.82, 2.24) is 19.4 Å². The summed E-state index contributed by atoms with van der Waals surface area (Å²) in [7, 11) is 2.14. The molecule has 3 heterocycles. The monoisotopic (exact) mass is 374 g/mol. The van der Waals surface area contributed by atoms with Gasteiger partial charge in [0.1, 0.15) is 0 Å². The van der Waals surface area contributed by atoms with E-state index in [2.05, 4.69) is 21.8 Å². The van der Waals surface area contributed by atoms with Gasteiger partial charge >= 0.3 is 0 Å². The van der Waals surface area contributed by atoms with E-state index >= 15 is 0 Å². The summed E-state index contributed by atoms with van der Waals surface area (Å²) in [5.74, 6) is 0.0389. The first kappa shape index (κ1) is 17.3. The van der Waals surface area contributed by atoms with Gasteiger partial charge in [-0.25, -0.2) is 4.98 Å². The Bertz CT molecular complexity index is 1170. The third kappa shape index (κ3) is 2.68. The van der Waals surface area contributed by atoms with Crippen LogP contribution in [0.3, 0.4) is 0 Å². The van der Waals surface area contributed by atoms with E-state index in [1.54, 1.807) is 0 Å². The van der Waals surface area contributed by atoms with Crippen LogP contribution in [-0.2, 0) is 6.54 Å². The molecule has 1 aromatic heterocycles. The number of carbonyl (C=O) groups excluding carboxylic acids is 1. The predicted octanol–water partition coefficient (Wildman–Crippen LogP) is 1.99. The molecule has 1 saturated heterocycles. The average molecular weight is 374 g/mol. The second-order valence-electron chi connectivity index (χ2n) is 7.86. The standard InChI is InChI=1S/C22H22N4O2/c1-14-3-6-19-17(11-14)20(27)21-23-18-12-15(4-5-16(18)22(28)26(19)21)13-25-9-7-24(2)8-10-25/h3-6,11-12H,7-10,13H2,1-2H3. The van der Waals surface area contributed by atoms with Crippen LogP contribution in [0.25, 0.3) is 16.6 Å². The summed E-state index contributed by atoms with van der Waals surface area (Å²) in [6.45, 7) is 6.95. The van der Waals surface area contributed by atoms with Crippen molar-refractivity contribution < 1.29 is 4.79 Å². The Hall–Kier alpha value is -2.83. The molecule has 2 aromatic carbocycles. The lowest BCUT2D eigenvalue weighted by atomic mass is 10.1. The Labute approximate surface area is 163 Å². The van der Waals surface area contributed by atoms with E-state index in [1.165, 1.54) is 4.57 Å². The van der Waals surface area contributed by atoms with Crippen molar-refractivity contribution in [2.75, 3.05) is 33.2 Å². The van der Waals surface area contributed by atoms with Gasteiger partial charge in [0, 0.05) is 32.7 Å². The van der Waals surface area contributed by atoms with Crippen molar-refractivity contribution in [3.05, 3.63) is 69.3 Å². The molecule has 3 aromatic rings. The summed E-state index contributed by atoms with van der Waals surface area (Å²) in [6.07, 6.45) is 0. The molecule has 5 rings (SSSR count). The van der Waals surface area contributed by atoms with E-state index in [0.29, 0.717) is 22.2 Å². The molecule has 0 spiro atoms. The molecular formula is C22H22N4O2. The lowest BCUT2D eigenvalue weighted by molar-refractivity contribution is 0.103. The molecule has 6 nitrogen and oxygen atoms in total. The number of piperazine rings is 1. The van der Waals surface area contributed by atoms with Gasteiger partial charge in [-0.15, -0.1) is 0 Å². The number of aromatic nitrogens is 2. The van der Waals surface area contributed by atoms with Crippen LogP contribution in [0.15, 0.2) is 41.2 Å². The zero-order valence-corrected chi connectivity index (χ0v) is 16.1. The minimum absolute atomic E-state index is 0.179. The Balaban J connectivity index is 1.56. The smallest absolute Gasteiger partial charge is 0.266 e. The normalized spacial score (nSPS) is 17.1. The van der Waals surface area contributed by atoms with E-state index < -0.39 is 0 Å². The first-order valence-electron chi connectivity index (χ1n) is 9.63. The number of fused-ring (bicyclic) bond motifs is 4. The average Bonchev–Trinajstić information content (AvgIpc) is 2.96. The van der Waals surface area contributed by atoms with E-state index in [-0.39, 0.29) is 17.2 Å². The maximum atomic E-state index is 13.1. The van der Waals surface area contributed by atoms with Gasteiger partial charge < -0.3 is 4.90 Å². The molecule has 0 unspecified atom stereocenters. The number of likely N-dealkylation sites (N-methyl/N-ethyl adjacent to an activating group) is 1. The molecule has 0 aliphatic carbocycles. The van der Waals surface area contributed by atoms with E-state index in [4.69, 9.17) is 0 Å². The summed E-state index contributed by atoms with van der Waals surface area (Å²) in [5.41, 5.74) is 3.71. The van der Waals surface area contributed by atoms with Crippen LogP contribution in [0.4, 0.5) is 0 Å². The number of rotatable bonds is 2. The SMILES string of the molecule is Cc1ccc2c(c1)C(=O)c1nc3cc(CN4CCN(C)CC4)ccc3c(=O)n1-2. The minimum Gasteiger partial charge on any atom is -0.304 e. The number of nitrogens with zero attached hydrogens (tertiary/aromatic N) is 4. The van der Waals surface area contributed by atoms with Gasteiger partial charge in [-0.05, 0) is 43.8 Å². The third-order valence-electron chi connectivity index (χ3n) is 5.78. The maximum Gasteiger partial charge on any atom is 0.266 e. The second-order valence-corrected chi connectivity index (χ2v) is 7.86. The zero-order chi connectivity index (χ0) is 19.4. The van der Waals surface area contributed by atoms with Crippen molar-refractivity contribution in [3.8, 4) is 5.69 Å². The van der Waals surface area contributed by atoms with Gasteiger partial charge in [-0.2, -0.15) is 0 Å². The second kappa shape index (κ2) is 6.36. The molecule has 0 atom stereocenters. The van der Waals surface area contributed by atoms with Gasteiger partial charge in [-0.3, -0.25) is 19.1 Å². The largest absolute Gasteiger partial charge is 0.304 e. The fourth-order valence-electron chi connectivity index (χ4n) is 4.12. The molecule has 2 aliphatic rings. The summed E-state index contributed by atoms with van der Waals surface area (Å²) in [5, 5.41) is 0.548. The number of ketones is 1. The fraction of sp³-hybridized carbons (Fsp3) is 0.318. The number of hydrogen-bond donors (Lipinski definition) is 0. The van der Waals surface area contributed by atoms with Crippen LogP contribution in [0.5, 0.6) is 0 Å². The van der Waals surface area contributed by atoms with Crippen LogP contribution in [-0.4, -0.2) is 58.4 Å². The van der Waals surface area contributed by atoms with Gasteiger partial charge in [0.05, 0.1) is 22.2 Å². The highest BCUT2D eigenvalue weighted by Crippen LogP contribution is 2.27. The van der Waals surface area contributed by atoms with Gasteiger partial charge in [0.2, 0.25) is 5.78 Å². The number of hydrogen-bond acceptors (Lipinski definition) is 5. The highest BCUT2D eigenvalue weighted by Gasteiger charge is 2.30. The quantitative estimate of drug-likeness (QED) is 0.537. The third-order valence-corrected chi connectivity index (χ3v) is 5.78. The van der Waals surface area contributed by atoms with Gasteiger partial charge in [0.15, 0.2) is 5.82 Å². The van der Waals surface area contributed by atoms with Crippen LogP contribution < -0.4 is 5.56 Å². The van der Waals surface area contributed by atoms with Crippen molar-refractivity contribution in [2.45, 2.75) is 13.5 Å². The minimum atomic E-state index is -0.179. The topological polar surface area (TPSA) is 58.4 Å². The van der Waals surface area contributed by atoms with E-state index in [0.717, 1.165) is 43.9 Å².